The number of hydrogen-bond acceptors (Lipinski definition) is 6. The molecule has 1 N–H and O–H groups in total. The molecule has 7 nitrogen and oxygen atoms in total. The zero-order chi connectivity index (χ0) is 28.1. The molecule has 0 saturated carbocycles. The van der Waals surface area contributed by atoms with Gasteiger partial charge in [-0.25, -0.2) is 4.98 Å². The van der Waals surface area contributed by atoms with Gasteiger partial charge in [0.2, 0.25) is 5.89 Å². The molecule has 3 aromatic carbocycles. The summed E-state index contributed by atoms with van der Waals surface area (Å²) < 4.78 is 47.5. The number of aromatic nitrogens is 4. The van der Waals surface area contributed by atoms with Gasteiger partial charge in [0.25, 0.3) is 5.91 Å². The lowest BCUT2D eigenvalue weighted by atomic mass is 10.1. The summed E-state index contributed by atoms with van der Waals surface area (Å²) in [5, 5.41) is 11.8. The van der Waals surface area contributed by atoms with E-state index in [-0.39, 0.29) is 35.0 Å². The molecule has 0 fully saturated rings. The molecule has 0 aliphatic heterocycles. The first-order chi connectivity index (χ1) is 19.3. The maximum atomic E-state index is 13.5. The fourth-order valence-corrected chi connectivity index (χ4v) is 4.89. The maximum absolute atomic E-state index is 13.5. The summed E-state index contributed by atoms with van der Waals surface area (Å²) in [6.07, 6.45) is -2.85. The number of thioether (sulfide) groups is 1. The SMILES string of the molecule is CC(NC(=O)c1coc(CSc2nnc(Cc3ccccc3)n2-c2cccc(C(F)(F)F)c2)n1)c1ccccc1. The van der Waals surface area contributed by atoms with Crippen LogP contribution < -0.4 is 5.32 Å². The van der Waals surface area contributed by atoms with E-state index in [2.05, 4.69) is 20.5 Å². The van der Waals surface area contributed by atoms with Gasteiger partial charge in [0, 0.05) is 6.42 Å². The summed E-state index contributed by atoms with van der Waals surface area (Å²) in [5.74, 6) is 0.555. The van der Waals surface area contributed by atoms with Crippen LogP contribution in [-0.2, 0) is 18.3 Å². The number of rotatable bonds is 9. The normalized spacial score (nSPS) is 12.3. The summed E-state index contributed by atoms with van der Waals surface area (Å²) in [5.41, 5.74) is 1.54. The third-order valence-electron chi connectivity index (χ3n) is 6.09. The van der Waals surface area contributed by atoms with Gasteiger partial charge in [-0.05, 0) is 36.2 Å². The molecule has 0 bridgehead atoms. The van der Waals surface area contributed by atoms with Gasteiger partial charge < -0.3 is 9.73 Å². The fourth-order valence-electron chi connectivity index (χ4n) is 4.07. The third-order valence-corrected chi connectivity index (χ3v) is 7.01. The first-order valence-electron chi connectivity index (χ1n) is 12.4. The monoisotopic (exact) mass is 563 g/mol. The van der Waals surface area contributed by atoms with E-state index in [4.69, 9.17) is 4.42 Å². The maximum Gasteiger partial charge on any atom is 0.416 e. The summed E-state index contributed by atoms with van der Waals surface area (Å²) in [4.78, 5) is 17.0. The van der Waals surface area contributed by atoms with Crippen LogP contribution in [0.15, 0.2) is 101 Å². The van der Waals surface area contributed by atoms with Crippen molar-refractivity contribution in [3.05, 3.63) is 125 Å². The number of carbonyl (C=O) groups excluding carboxylic acids is 1. The number of halogens is 3. The zero-order valence-corrected chi connectivity index (χ0v) is 22.1. The molecule has 2 heterocycles. The van der Waals surface area contributed by atoms with Crippen molar-refractivity contribution in [2.24, 2.45) is 0 Å². The van der Waals surface area contributed by atoms with E-state index in [9.17, 15) is 18.0 Å². The van der Waals surface area contributed by atoms with E-state index >= 15 is 0 Å². The molecular formula is C29H24F3N5O2S. The lowest BCUT2D eigenvalue weighted by Crippen LogP contribution is -2.26. The summed E-state index contributed by atoms with van der Waals surface area (Å²) >= 11 is 1.20. The Morgan fingerprint density at radius 2 is 1.73 bits per heavy atom. The average molecular weight is 564 g/mol. The molecule has 2 aromatic heterocycles. The molecule has 0 aliphatic rings. The van der Waals surface area contributed by atoms with Crippen LogP contribution >= 0.6 is 11.8 Å². The van der Waals surface area contributed by atoms with E-state index in [1.54, 1.807) is 10.6 Å². The van der Waals surface area contributed by atoms with Gasteiger partial charge in [-0.2, -0.15) is 13.2 Å². The van der Waals surface area contributed by atoms with Gasteiger partial charge in [0.15, 0.2) is 10.9 Å². The number of alkyl halides is 3. The Hall–Kier alpha value is -4.38. The highest BCUT2D eigenvalue weighted by molar-refractivity contribution is 7.98. The molecule has 11 heteroatoms. The van der Waals surface area contributed by atoms with Crippen LogP contribution in [0.4, 0.5) is 13.2 Å². The second kappa shape index (κ2) is 11.8. The molecule has 1 unspecified atom stereocenters. The molecule has 5 rings (SSSR count). The minimum Gasteiger partial charge on any atom is -0.447 e. The van der Waals surface area contributed by atoms with Crippen LogP contribution in [0.5, 0.6) is 0 Å². The Kier molecular flexibility index (Phi) is 8.01. The Balaban J connectivity index is 1.35. The molecule has 1 atom stereocenters. The summed E-state index contributed by atoms with van der Waals surface area (Å²) in [6, 6.07) is 23.8. The Bertz CT molecular complexity index is 1590. The van der Waals surface area contributed by atoms with E-state index in [0.717, 1.165) is 23.3 Å². The zero-order valence-electron chi connectivity index (χ0n) is 21.3. The van der Waals surface area contributed by atoms with Gasteiger partial charge in [-0.1, -0.05) is 78.5 Å². The van der Waals surface area contributed by atoms with Gasteiger partial charge in [-0.15, -0.1) is 10.2 Å². The van der Waals surface area contributed by atoms with Crippen LogP contribution in [0.2, 0.25) is 0 Å². The average Bonchev–Trinajstić information content (AvgIpc) is 3.60. The number of benzene rings is 3. The van der Waals surface area contributed by atoms with Crippen molar-refractivity contribution in [2.75, 3.05) is 0 Å². The van der Waals surface area contributed by atoms with Gasteiger partial charge in [0.1, 0.15) is 12.1 Å². The molecular weight excluding hydrogens is 539 g/mol. The van der Waals surface area contributed by atoms with E-state index in [1.165, 1.54) is 24.1 Å². The number of nitrogens with zero attached hydrogens (tertiary/aromatic N) is 4. The molecule has 0 spiro atoms. The highest BCUT2D eigenvalue weighted by Crippen LogP contribution is 2.32. The molecule has 0 aliphatic carbocycles. The fraction of sp³-hybridized carbons (Fsp3) is 0.172. The second-order valence-electron chi connectivity index (χ2n) is 8.97. The van der Waals surface area contributed by atoms with Crippen molar-refractivity contribution >= 4 is 17.7 Å². The lowest BCUT2D eigenvalue weighted by molar-refractivity contribution is -0.137. The van der Waals surface area contributed by atoms with Crippen LogP contribution in [0.25, 0.3) is 5.69 Å². The number of oxazole rings is 1. The Morgan fingerprint density at radius 3 is 2.45 bits per heavy atom. The van der Waals surface area contributed by atoms with Crippen LogP contribution in [0.3, 0.4) is 0 Å². The molecule has 40 heavy (non-hydrogen) atoms. The van der Waals surface area contributed by atoms with Crippen LogP contribution in [0, 0.1) is 0 Å². The van der Waals surface area contributed by atoms with Crippen molar-refractivity contribution in [1.82, 2.24) is 25.1 Å². The predicted octanol–water partition coefficient (Wildman–Crippen LogP) is 6.65. The van der Waals surface area contributed by atoms with E-state index < -0.39 is 11.7 Å². The van der Waals surface area contributed by atoms with E-state index in [1.807, 2.05) is 67.6 Å². The first kappa shape index (κ1) is 27.2. The van der Waals surface area contributed by atoms with Crippen LogP contribution in [-0.4, -0.2) is 25.7 Å². The smallest absolute Gasteiger partial charge is 0.416 e. The minimum absolute atomic E-state index is 0.127. The summed E-state index contributed by atoms with van der Waals surface area (Å²) in [6.45, 7) is 1.87. The van der Waals surface area contributed by atoms with Gasteiger partial charge in [-0.3, -0.25) is 9.36 Å². The largest absolute Gasteiger partial charge is 0.447 e. The molecule has 0 radical (unpaired) electrons. The highest BCUT2D eigenvalue weighted by Gasteiger charge is 2.31. The molecule has 1 amide bonds. The topological polar surface area (TPSA) is 85.8 Å². The van der Waals surface area contributed by atoms with Crippen LogP contribution in [0.1, 0.15) is 51.9 Å². The predicted molar refractivity (Wildman–Crippen MR) is 144 cm³/mol. The molecule has 5 aromatic rings. The van der Waals surface area contributed by atoms with Crippen molar-refractivity contribution in [1.29, 1.82) is 0 Å². The van der Waals surface area contributed by atoms with Crippen molar-refractivity contribution in [3.8, 4) is 5.69 Å². The Labute approximate surface area is 232 Å². The van der Waals surface area contributed by atoms with Crippen molar-refractivity contribution in [2.45, 2.75) is 36.5 Å². The quantitative estimate of drug-likeness (QED) is 0.202. The molecule has 204 valence electrons. The highest BCUT2D eigenvalue weighted by atomic mass is 32.2. The van der Waals surface area contributed by atoms with Gasteiger partial charge in [0.05, 0.1) is 23.0 Å². The number of nitrogens with one attached hydrogen (secondary N) is 1. The number of carbonyl (C=O) groups is 1. The number of amides is 1. The third kappa shape index (κ3) is 6.42. The minimum atomic E-state index is -4.50. The lowest BCUT2D eigenvalue weighted by Gasteiger charge is -2.13. The first-order valence-corrected chi connectivity index (χ1v) is 13.4. The van der Waals surface area contributed by atoms with Crippen molar-refractivity contribution in [3.63, 3.8) is 0 Å². The van der Waals surface area contributed by atoms with Crippen molar-refractivity contribution < 1.29 is 22.4 Å². The second-order valence-corrected chi connectivity index (χ2v) is 9.91. The number of hydrogen-bond donors (Lipinski definition) is 1. The van der Waals surface area contributed by atoms with Gasteiger partial charge >= 0.3 is 6.18 Å². The van der Waals surface area contributed by atoms with E-state index in [0.29, 0.717) is 17.4 Å². The standard InChI is InChI=1S/C29H24F3N5O2S/c1-19(21-11-6-3-7-12-21)33-27(38)24-17-39-26(34-24)18-40-28-36-35-25(15-20-9-4-2-5-10-20)37(28)23-14-8-13-22(16-23)29(30,31)32/h2-14,16-17,19H,15,18H2,1H3,(H,33,38). The molecule has 0 saturated heterocycles. The Morgan fingerprint density at radius 1 is 1.00 bits per heavy atom. The summed E-state index contributed by atoms with van der Waals surface area (Å²) in [7, 11) is 0.